The molecule has 0 spiro atoms. The molecule has 2 heterocycles. The van der Waals surface area contributed by atoms with Crippen LogP contribution in [0.2, 0.25) is 0 Å². The number of nitrogen functional groups attached to an aromatic ring is 2. The number of benzene rings is 3. The van der Waals surface area contributed by atoms with Crippen molar-refractivity contribution in [1.82, 2.24) is 30.0 Å². The van der Waals surface area contributed by atoms with Crippen LogP contribution in [0, 0.1) is 0 Å². The zero-order chi connectivity index (χ0) is 35.3. The van der Waals surface area contributed by atoms with Gasteiger partial charge in [-0.25, -0.2) is 27.9 Å². The lowest BCUT2D eigenvalue weighted by Gasteiger charge is -2.19. The van der Waals surface area contributed by atoms with Crippen LogP contribution in [0.4, 0.5) is 23.1 Å². The third-order valence-corrected chi connectivity index (χ3v) is 9.44. The van der Waals surface area contributed by atoms with E-state index in [0.29, 0.717) is 41.6 Å². The summed E-state index contributed by atoms with van der Waals surface area (Å²) in [5, 5.41) is 13.8. The summed E-state index contributed by atoms with van der Waals surface area (Å²) in [6.07, 6.45) is 2.44. The fraction of sp³-hybridized carbons (Fsp3) is 0.273. The van der Waals surface area contributed by atoms with Gasteiger partial charge in [-0.05, 0) is 55.7 Å². The number of aromatic nitrogens is 4. The molecule has 1 atom stereocenters. The quantitative estimate of drug-likeness (QED) is 0.106. The lowest BCUT2D eigenvalue weighted by Crippen LogP contribution is -2.40. The van der Waals surface area contributed by atoms with Crippen molar-refractivity contribution in [3.8, 4) is 0 Å². The van der Waals surface area contributed by atoms with E-state index in [1.54, 1.807) is 48.7 Å². The maximum absolute atomic E-state index is 13.2. The summed E-state index contributed by atoms with van der Waals surface area (Å²) in [6, 6.07) is 16.2. The molecule has 0 fully saturated rings. The third-order valence-electron chi connectivity index (χ3n) is 7.92. The topological polar surface area (TPSA) is 223 Å². The van der Waals surface area contributed by atoms with Crippen LogP contribution in [0.15, 0.2) is 71.8 Å². The van der Waals surface area contributed by atoms with Crippen LogP contribution in [0.1, 0.15) is 35.3 Å². The Balaban J connectivity index is 1.13. The van der Waals surface area contributed by atoms with Gasteiger partial charge in [-0.1, -0.05) is 24.3 Å². The summed E-state index contributed by atoms with van der Waals surface area (Å²) in [5.74, 6) is -1.57. The van der Waals surface area contributed by atoms with Gasteiger partial charge < -0.3 is 31.7 Å². The molecule has 0 aliphatic rings. The smallest absolute Gasteiger partial charge is 0.326 e. The summed E-state index contributed by atoms with van der Waals surface area (Å²) in [4.78, 5) is 45.6. The van der Waals surface area contributed by atoms with E-state index in [-0.39, 0.29) is 35.2 Å². The first-order valence-electron chi connectivity index (χ1n) is 15.4. The summed E-state index contributed by atoms with van der Waals surface area (Å²) < 4.78 is 29.0. The van der Waals surface area contributed by atoms with E-state index >= 15 is 0 Å². The van der Waals surface area contributed by atoms with Gasteiger partial charge in [0, 0.05) is 55.4 Å². The molecule has 0 unspecified atom stereocenters. The second-order valence-electron chi connectivity index (χ2n) is 11.7. The molecule has 0 radical (unpaired) electrons. The van der Waals surface area contributed by atoms with Gasteiger partial charge in [-0.2, -0.15) is 9.97 Å². The molecule has 0 bridgehead atoms. The van der Waals surface area contributed by atoms with E-state index in [4.69, 9.17) is 11.5 Å². The molecule has 15 nitrogen and oxygen atoms in total. The standard InChI is InChI=1S/C33H38N10O5S/c1-42(2)26-11-6-9-24-23(26)8-7-12-27(24)49(47,48)37-17-5-4-10-25(32(45)46)39-31(44)20-13-15-22(16-14-20)43(3)19-21-18-36-30-28(38-21)29(34)40-33(35)41-30/h6-9,11-16,18,25,37H,4-5,10,17,19H2,1-3H3,(H,39,44)(H,45,46)(H4,34,35,36,40,41)/t25-/m0/s1. The third kappa shape index (κ3) is 8.10. The Morgan fingerprint density at radius 2 is 1.63 bits per heavy atom. The van der Waals surface area contributed by atoms with E-state index in [1.807, 2.05) is 49.1 Å². The Morgan fingerprint density at radius 1 is 0.918 bits per heavy atom. The number of fused-ring (bicyclic) bond motifs is 2. The highest BCUT2D eigenvalue weighted by Gasteiger charge is 2.22. The summed E-state index contributed by atoms with van der Waals surface area (Å²) in [7, 11) is 1.81. The van der Waals surface area contributed by atoms with Crippen molar-refractivity contribution in [2.45, 2.75) is 36.7 Å². The van der Waals surface area contributed by atoms with Crippen molar-refractivity contribution < 1.29 is 23.1 Å². The van der Waals surface area contributed by atoms with Crippen LogP contribution in [0.25, 0.3) is 21.9 Å². The Bertz CT molecular complexity index is 2110. The number of rotatable bonds is 14. The largest absolute Gasteiger partial charge is 0.480 e. The van der Waals surface area contributed by atoms with Crippen LogP contribution in [0.3, 0.4) is 0 Å². The van der Waals surface area contributed by atoms with E-state index in [0.717, 1.165) is 16.8 Å². The number of carboxylic acids is 1. The molecule has 7 N–H and O–H groups in total. The van der Waals surface area contributed by atoms with Gasteiger partial charge in [-0.15, -0.1) is 0 Å². The molecule has 256 valence electrons. The minimum Gasteiger partial charge on any atom is -0.480 e. The molecule has 5 rings (SSSR count). The van der Waals surface area contributed by atoms with Gasteiger partial charge in [0.05, 0.1) is 23.3 Å². The molecule has 1 amide bonds. The van der Waals surface area contributed by atoms with Gasteiger partial charge >= 0.3 is 5.97 Å². The van der Waals surface area contributed by atoms with Gasteiger partial charge in [-0.3, -0.25) is 4.79 Å². The number of unbranched alkanes of at least 4 members (excludes halogenated alkanes) is 1. The number of carbonyl (C=O) groups excluding carboxylic acids is 1. The zero-order valence-corrected chi connectivity index (χ0v) is 28.1. The molecule has 0 saturated heterocycles. The Kier molecular flexibility index (Phi) is 10.4. The molecule has 3 aromatic carbocycles. The number of nitrogens with zero attached hydrogens (tertiary/aromatic N) is 6. The van der Waals surface area contributed by atoms with Crippen molar-refractivity contribution in [2.75, 3.05) is 49.0 Å². The predicted molar refractivity (Wildman–Crippen MR) is 189 cm³/mol. The first-order chi connectivity index (χ1) is 23.3. The zero-order valence-electron chi connectivity index (χ0n) is 27.3. The number of sulfonamides is 1. The molecular formula is C33H38N10O5S. The molecule has 5 aromatic rings. The number of carboxylic acid groups (broad SMARTS) is 1. The SMILES string of the molecule is CN(C)c1cccc2c(S(=O)(=O)NCCCC[C@H](NC(=O)c3ccc(N(C)Cc4cnc5nc(N)nc(N)c5n4)cc3)C(=O)O)cccc12. The van der Waals surface area contributed by atoms with Crippen molar-refractivity contribution in [3.05, 3.63) is 78.1 Å². The normalized spacial score (nSPS) is 12.1. The number of hydrogen-bond acceptors (Lipinski definition) is 12. The van der Waals surface area contributed by atoms with Gasteiger partial charge in [0.15, 0.2) is 17.0 Å². The van der Waals surface area contributed by atoms with Crippen LogP contribution < -0.4 is 31.3 Å². The van der Waals surface area contributed by atoms with E-state index in [2.05, 4.69) is 30.0 Å². The Labute approximate surface area is 283 Å². The first kappa shape index (κ1) is 34.7. The highest BCUT2D eigenvalue weighted by atomic mass is 32.2. The maximum Gasteiger partial charge on any atom is 0.326 e. The number of anilines is 4. The molecule has 0 aliphatic heterocycles. The second kappa shape index (κ2) is 14.7. The maximum atomic E-state index is 13.2. The highest BCUT2D eigenvalue weighted by Crippen LogP contribution is 2.30. The molecular weight excluding hydrogens is 648 g/mol. The Morgan fingerprint density at radius 3 is 2.35 bits per heavy atom. The van der Waals surface area contributed by atoms with Crippen LogP contribution >= 0.6 is 0 Å². The average Bonchev–Trinajstić information content (AvgIpc) is 3.07. The molecule has 0 saturated carbocycles. The number of hydrogen-bond donors (Lipinski definition) is 5. The van der Waals surface area contributed by atoms with Crippen molar-refractivity contribution in [1.29, 1.82) is 0 Å². The second-order valence-corrected chi connectivity index (χ2v) is 13.4. The number of carbonyl (C=O) groups is 2. The van der Waals surface area contributed by atoms with Gasteiger partial charge in [0.25, 0.3) is 5.91 Å². The minimum absolute atomic E-state index is 0.0143. The average molecular weight is 687 g/mol. The number of nitrogens with one attached hydrogen (secondary N) is 2. The Hall–Kier alpha value is -5.61. The number of aliphatic carboxylic acids is 1. The first-order valence-corrected chi connectivity index (χ1v) is 16.9. The van der Waals surface area contributed by atoms with Crippen LogP contribution in [-0.2, 0) is 21.4 Å². The van der Waals surface area contributed by atoms with Crippen LogP contribution in [-0.4, -0.2) is 79.1 Å². The lowest BCUT2D eigenvalue weighted by atomic mass is 10.1. The van der Waals surface area contributed by atoms with Crippen molar-refractivity contribution in [3.63, 3.8) is 0 Å². The van der Waals surface area contributed by atoms with E-state index in [9.17, 15) is 23.1 Å². The summed E-state index contributed by atoms with van der Waals surface area (Å²) in [5.41, 5.74) is 14.8. The molecule has 16 heteroatoms. The van der Waals surface area contributed by atoms with E-state index < -0.39 is 27.9 Å². The molecule has 0 aliphatic carbocycles. The van der Waals surface area contributed by atoms with E-state index in [1.165, 1.54) is 0 Å². The van der Waals surface area contributed by atoms with Crippen LogP contribution in [0.5, 0.6) is 0 Å². The fourth-order valence-electron chi connectivity index (χ4n) is 5.41. The molecule has 2 aromatic heterocycles. The highest BCUT2D eigenvalue weighted by molar-refractivity contribution is 7.89. The lowest BCUT2D eigenvalue weighted by molar-refractivity contribution is -0.139. The fourth-order valence-corrected chi connectivity index (χ4v) is 6.70. The monoisotopic (exact) mass is 686 g/mol. The van der Waals surface area contributed by atoms with Gasteiger partial charge in [0.1, 0.15) is 6.04 Å². The summed E-state index contributed by atoms with van der Waals surface area (Å²) in [6.45, 7) is 0.483. The number of nitrogens with two attached hydrogens (primary N) is 2. The van der Waals surface area contributed by atoms with Crippen molar-refractivity contribution in [2.24, 2.45) is 0 Å². The molecule has 49 heavy (non-hydrogen) atoms. The summed E-state index contributed by atoms with van der Waals surface area (Å²) >= 11 is 0. The van der Waals surface area contributed by atoms with Gasteiger partial charge in [0.2, 0.25) is 16.0 Å². The predicted octanol–water partition coefficient (Wildman–Crippen LogP) is 2.77. The van der Waals surface area contributed by atoms with Crippen molar-refractivity contribution >= 4 is 67.0 Å². The number of amides is 1. The minimum atomic E-state index is -3.82.